The van der Waals surface area contributed by atoms with Crippen molar-refractivity contribution in [3.8, 4) is 0 Å². The van der Waals surface area contributed by atoms with Crippen LogP contribution in [0.15, 0.2) is 39.0 Å². The molecule has 0 saturated carbocycles. The van der Waals surface area contributed by atoms with Crippen molar-refractivity contribution in [2.24, 2.45) is 16.6 Å². The SMILES string of the molecule is C[C@H](N)C(=O)Nc1nc(C(N=O)C(=O)NC2C(=O)N3C(C(=O)O)=C(Sc4cccnc4CSCCN)CSC23)ns1. The van der Waals surface area contributed by atoms with Gasteiger partial charge in [-0.15, -0.1) is 16.7 Å². The van der Waals surface area contributed by atoms with E-state index >= 15 is 0 Å². The first-order valence-corrected chi connectivity index (χ1v) is 15.8. The molecule has 1 saturated heterocycles. The van der Waals surface area contributed by atoms with E-state index in [0.717, 1.165) is 32.8 Å². The number of carboxylic acid groups (broad SMARTS) is 1. The van der Waals surface area contributed by atoms with Crippen molar-refractivity contribution in [3.05, 3.63) is 45.4 Å². The van der Waals surface area contributed by atoms with E-state index in [9.17, 15) is 29.2 Å². The molecule has 0 spiro atoms. The zero-order valence-electron chi connectivity index (χ0n) is 21.4. The highest BCUT2D eigenvalue weighted by Gasteiger charge is 2.55. The van der Waals surface area contributed by atoms with Crippen molar-refractivity contribution in [2.75, 3.05) is 23.4 Å². The van der Waals surface area contributed by atoms with Crippen molar-refractivity contribution < 1.29 is 24.3 Å². The number of thioether (sulfide) groups is 3. The quantitative estimate of drug-likeness (QED) is 0.115. The van der Waals surface area contributed by atoms with E-state index in [1.807, 2.05) is 6.07 Å². The third-order valence-electron chi connectivity index (χ3n) is 5.70. The summed E-state index contributed by atoms with van der Waals surface area (Å²) in [5.41, 5.74) is 11.7. The van der Waals surface area contributed by atoms with Crippen LogP contribution in [0, 0.1) is 4.91 Å². The lowest BCUT2D eigenvalue weighted by atomic mass is 10.0. The number of rotatable bonds is 13. The molecule has 15 nitrogen and oxygen atoms in total. The second kappa shape index (κ2) is 13.7. The number of hydrogen-bond donors (Lipinski definition) is 5. The number of hydrogen-bond acceptors (Lipinski definition) is 15. The molecule has 19 heteroatoms. The molecule has 218 valence electrons. The highest BCUT2D eigenvalue weighted by atomic mass is 32.2. The first-order valence-electron chi connectivity index (χ1n) is 12.0. The lowest BCUT2D eigenvalue weighted by Gasteiger charge is -2.49. The Morgan fingerprint density at radius 1 is 1.34 bits per heavy atom. The van der Waals surface area contributed by atoms with E-state index < -0.39 is 47.2 Å². The maximum atomic E-state index is 13.1. The molecule has 4 rings (SSSR count). The fraction of sp³-hybridized carbons (Fsp3) is 0.409. The average Bonchev–Trinajstić information content (AvgIpc) is 3.40. The summed E-state index contributed by atoms with van der Waals surface area (Å²) in [7, 11) is 0. The molecule has 4 heterocycles. The molecule has 1 fully saturated rings. The smallest absolute Gasteiger partial charge is 0.353 e. The van der Waals surface area contributed by atoms with E-state index in [1.165, 1.54) is 30.4 Å². The summed E-state index contributed by atoms with van der Waals surface area (Å²) in [6, 6.07) is -0.00232. The van der Waals surface area contributed by atoms with Gasteiger partial charge in [0, 0.05) is 51.3 Å². The van der Waals surface area contributed by atoms with Crippen LogP contribution in [0.2, 0.25) is 0 Å². The minimum absolute atomic E-state index is 0.0218. The number of carbonyl (C=O) groups is 4. The number of amides is 3. The van der Waals surface area contributed by atoms with Crippen molar-refractivity contribution in [2.45, 2.75) is 41.1 Å². The molecule has 0 radical (unpaired) electrons. The fourth-order valence-corrected chi connectivity index (χ4v) is 7.74. The summed E-state index contributed by atoms with van der Waals surface area (Å²) in [5, 5.41) is 17.0. The van der Waals surface area contributed by atoms with Crippen LogP contribution in [0.1, 0.15) is 24.5 Å². The third kappa shape index (κ3) is 6.87. The number of carboxylic acids is 1. The fourth-order valence-electron chi connectivity index (χ4n) is 3.74. The van der Waals surface area contributed by atoms with Gasteiger partial charge in [-0.2, -0.15) is 16.1 Å². The van der Waals surface area contributed by atoms with Gasteiger partial charge in [0.05, 0.1) is 11.7 Å². The Hall–Kier alpha value is -3.10. The third-order valence-corrected chi connectivity index (χ3v) is 9.98. The Morgan fingerprint density at radius 2 is 2.12 bits per heavy atom. The summed E-state index contributed by atoms with van der Waals surface area (Å²) in [4.78, 5) is 72.3. The van der Waals surface area contributed by atoms with Gasteiger partial charge in [0.1, 0.15) is 17.1 Å². The van der Waals surface area contributed by atoms with Gasteiger partial charge in [-0.05, 0) is 24.2 Å². The molecule has 2 aliphatic rings. The molecule has 2 aliphatic heterocycles. The van der Waals surface area contributed by atoms with Gasteiger partial charge in [-0.3, -0.25) is 29.6 Å². The van der Waals surface area contributed by atoms with Crippen LogP contribution >= 0.6 is 46.8 Å². The number of pyridine rings is 1. The first kappa shape index (κ1) is 30.8. The van der Waals surface area contributed by atoms with Crippen LogP contribution in [-0.4, -0.2) is 83.5 Å². The summed E-state index contributed by atoms with van der Waals surface area (Å²) in [6.07, 6.45) is 1.66. The van der Waals surface area contributed by atoms with Crippen LogP contribution in [0.4, 0.5) is 5.13 Å². The van der Waals surface area contributed by atoms with Gasteiger partial charge < -0.3 is 21.9 Å². The summed E-state index contributed by atoms with van der Waals surface area (Å²) >= 11 is 4.86. The monoisotopic (exact) mass is 639 g/mol. The molecule has 41 heavy (non-hydrogen) atoms. The highest BCUT2D eigenvalue weighted by Crippen LogP contribution is 2.45. The Bertz CT molecular complexity index is 1390. The molecule has 2 aromatic heterocycles. The molecule has 2 aromatic rings. The summed E-state index contributed by atoms with van der Waals surface area (Å²) in [5.74, 6) is -2.03. The largest absolute Gasteiger partial charge is 0.477 e. The van der Waals surface area contributed by atoms with Crippen molar-refractivity contribution in [1.82, 2.24) is 24.6 Å². The first-order chi connectivity index (χ1) is 19.7. The molecule has 4 atom stereocenters. The number of nitroso groups, excluding NO2 is 1. The number of aliphatic carboxylic acids is 1. The van der Waals surface area contributed by atoms with Crippen LogP contribution in [-0.2, 0) is 24.9 Å². The normalized spacial score (nSPS) is 19.6. The van der Waals surface area contributed by atoms with E-state index in [4.69, 9.17) is 11.5 Å². The minimum atomic E-state index is -1.69. The molecule has 7 N–H and O–H groups in total. The van der Waals surface area contributed by atoms with Crippen molar-refractivity contribution >= 4 is 75.6 Å². The molecule has 0 aliphatic carbocycles. The van der Waals surface area contributed by atoms with Gasteiger partial charge in [0.25, 0.3) is 11.8 Å². The summed E-state index contributed by atoms with van der Waals surface area (Å²) < 4.78 is 3.91. The lowest BCUT2D eigenvalue weighted by molar-refractivity contribution is -0.150. The van der Waals surface area contributed by atoms with Gasteiger partial charge in [-0.25, -0.2) is 9.78 Å². The van der Waals surface area contributed by atoms with Gasteiger partial charge in [0.15, 0.2) is 5.82 Å². The maximum absolute atomic E-state index is 13.1. The minimum Gasteiger partial charge on any atom is -0.477 e. The second-order valence-electron chi connectivity index (χ2n) is 8.61. The second-order valence-corrected chi connectivity index (χ2v) is 12.7. The number of fused-ring (bicyclic) bond motifs is 1. The number of nitrogens with zero attached hydrogens (tertiary/aromatic N) is 5. The zero-order valence-corrected chi connectivity index (χ0v) is 24.6. The average molecular weight is 640 g/mol. The van der Waals surface area contributed by atoms with E-state index in [2.05, 4.69) is 30.2 Å². The predicted molar refractivity (Wildman–Crippen MR) is 156 cm³/mol. The van der Waals surface area contributed by atoms with Gasteiger partial charge in [-0.1, -0.05) is 11.8 Å². The predicted octanol–water partition coefficient (Wildman–Crippen LogP) is 0.707. The number of nitrogens with one attached hydrogen (secondary N) is 2. The maximum Gasteiger partial charge on any atom is 0.353 e. The molecule has 0 aromatic carbocycles. The number of β-lactam (4-membered cyclic amide) rings is 1. The lowest BCUT2D eigenvalue weighted by Crippen LogP contribution is -2.70. The van der Waals surface area contributed by atoms with E-state index in [-0.39, 0.29) is 22.4 Å². The van der Waals surface area contributed by atoms with Crippen LogP contribution < -0.4 is 22.1 Å². The van der Waals surface area contributed by atoms with Crippen LogP contribution in [0.25, 0.3) is 0 Å². The Morgan fingerprint density at radius 3 is 2.80 bits per heavy atom. The highest BCUT2D eigenvalue weighted by molar-refractivity contribution is 8.06. The van der Waals surface area contributed by atoms with E-state index in [1.54, 1.807) is 24.0 Å². The topological polar surface area (TPSA) is 236 Å². The Balaban J connectivity index is 1.47. The van der Waals surface area contributed by atoms with E-state index in [0.29, 0.717) is 17.2 Å². The number of aromatic nitrogens is 3. The Kier molecular flexibility index (Phi) is 10.3. The van der Waals surface area contributed by atoms with Crippen LogP contribution in [0.3, 0.4) is 0 Å². The standard InChI is InChI=1S/C22H25N9O6S4/c1-9(24)17(32)28-22-27-16(30-41-22)13(29-37)18(33)26-14-19(34)31-15(21(35)36)12(8-39-20(14)31)40-11-3-2-5-25-10(11)7-38-6-4-23/h2-3,5,9,13-14,20H,4,6-8,23-24H2,1H3,(H,26,33)(H,35,36)(H,27,28,30,32)/t9-,13?,14?,20?/m0/s1. The molecular formula is C22H25N9O6S4. The Labute approximate surface area is 250 Å². The van der Waals surface area contributed by atoms with Gasteiger partial charge >= 0.3 is 5.97 Å². The van der Waals surface area contributed by atoms with Crippen LogP contribution in [0.5, 0.6) is 0 Å². The number of nitrogens with two attached hydrogens (primary N) is 2. The van der Waals surface area contributed by atoms with Gasteiger partial charge in [0.2, 0.25) is 17.1 Å². The molecular weight excluding hydrogens is 615 g/mol. The summed E-state index contributed by atoms with van der Waals surface area (Å²) in [6.45, 7) is 1.99. The molecule has 3 unspecified atom stereocenters. The number of carbonyl (C=O) groups excluding carboxylic acids is 3. The zero-order chi connectivity index (χ0) is 29.7. The van der Waals surface area contributed by atoms with Crippen molar-refractivity contribution in [1.29, 1.82) is 0 Å². The van der Waals surface area contributed by atoms with Crippen molar-refractivity contribution in [3.63, 3.8) is 0 Å². The number of anilines is 1. The molecule has 0 bridgehead atoms. The molecule has 3 amide bonds.